The first-order chi connectivity index (χ1) is 20.1. The largest absolute Gasteiger partial charge is 0.497 e. The highest BCUT2D eigenvalue weighted by molar-refractivity contribution is 7.07. The van der Waals surface area contributed by atoms with Crippen LogP contribution in [0.25, 0.3) is 34.3 Å². The lowest BCUT2D eigenvalue weighted by molar-refractivity contribution is -0.120. The van der Waals surface area contributed by atoms with Crippen molar-refractivity contribution in [1.82, 2.24) is 14.3 Å². The van der Waals surface area contributed by atoms with Crippen molar-refractivity contribution >= 4 is 28.8 Å². The maximum atomic E-state index is 14.0. The van der Waals surface area contributed by atoms with Crippen LogP contribution in [0.1, 0.15) is 31.9 Å². The number of ether oxygens (including phenoxy) is 1. The maximum absolute atomic E-state index is 14.0. The molecule has 0 N–H and O–H groups in total. The Bertz CT molecular complexity index is 1990. The fourth-order valence-electron chi connectivity index (χ4n) is 4.47. The van der Waals surface area contributed by atoms with Gasteiger partial charge < -0.3 is 4.74 Å². The second-order valence-corrected chi connectivity index (χ2v) is 11.9. The Labute approximate surface area is 247 Å². The molecule has 5 aromatic rings. The third kappa shape index (κ3) is 5.60. The number of carbonyl (C=O) groups excluding carboxylic acids is 1. The lowest BCUT2D eigenvalue weighted by Gasteiger charge is -2.15. The molecule has 210 valence electrons. The number of hydrogen-bond donors (Lipinski definition) is 0. The van der Waals surface area contributed by atoms with Gasteiger partial charge >= 0.3 is 0 Å². The highest BCUT2D eigenvalue weighted by Gasteiger charge is 2.27. The molecule has 0 radical (unpaired) electrons. The number of para-hydroxylation sites is 1. The third-order valence-electron chi connectivity index (χ3n) is 6.76. The number of thiazole rings is 1. The molecule has 2 aromatic heterocycles. The van der Waals surface area contributed by atoms with Crippen LogP contribution in [0.15, 0.2) is 89.9 Å². The number of aryl methyl sites for hydroxylation is 1. The molecule has 0 aliphatic heterocycles. The normalized spacial score (nSPS) is 12.6. The van der Waals surface area contributed by atoms with E-state index in [1.54, 1.807) is 38.6 Å². The van der Waals surface area contributed by atoms with Crippen LogP contribution in [-0.2, 0) is 4.79 Å². The second-order valence-electron chi connectivity index (χ2n) is 10.9. The summed E-state index contributed by atoms with van der Waals surface area (Å²) < 4.78 is 9.25. The number of ketones is 1. The molecule has 7 nitrogen and oxygen atoms in total. The summed E-state index contributed by atoms with van der Waals surface area (Å²) in [6, 6.07) is 26.8. The average molecular weight is 575 g/mol. The van der Waals surface area contributed by atoms with Gasteiger partial charge in [-0.3, -0.25) is 14.2 Å². The van der Waals surface area contributed by atoms with E-state index >= 15 is 0 Å². The summed E-state index contributed by atoms with van der Waals surface area (Å²) in [5.74, 6) is 0.397. The van der Waals surface area contributed by atoms with Crippen molar-refractivity contribution in [2.24, 2.45) is 5.41 Å². The van der Waals surface area contributed by atoms with Gasteiger partial charge in [0.15, 0.2) is 5.78 Å². The number of carbonyl (C=O) groups is 1. The Kier molecular flexibility index (Phi) is 7.79. The summed E-state index contributed by atoms with van der Waals surface area (Å²) in [6.45, 7) is 7.25. The van der Waals surface area contributed by atoms with E-state index in [0.29, 0.717) is 26.1 Å². The summed E-state index contributed by atoms with van der Waals surface area (Å²) in [5.41, 5.74) is 3.56. The van der Waals surface area contributed by atoms with Crippen LogP contribution < -0.4 is 19.5 Å². The van der Waals surface area contributed by atoms with Crippen LogP contribution in [0, 0.1) is 23.7 Å². The molecule has 8 heteroatoms. The van der Waals surface area contributed by atoms with E-state index in [-0.39, 0.29) is 16.9 Å². The van der Waals surface area contributed by atoms with Gasteiger partial charge in [-0.1, -0.05) is 56.7 Å². The molecule has 0 aliphatic rings. The quantitative estimate of drug-likeness (QED) is 0.279. The Morgan fingerprint density at radius 3 is 2.24 bits per heavy atom. The summed E-state index contributed by atoms with van der Waals surface area (Å²) in [5, 5.41) is 15.0. The zero-order chi connectivity index (χ0) is 30.0. The Morgan fingerprint density at radius 2 is 1.64 bits per heavy atom. The van der Waals surface area contributed by atoms with Crippen molar-refractivity contribution in [3.63, 3.8) is 0 Å². The maximum Gasteiger partial charge on any atom is 0.273 e. The van der Waals surface area contributed by atoms with Gasteiger partial charge in [-0.25, -0.2) is 4.68 Å². The number of rotatable bonds is 6. The van der Waals surface area contributed by atoms with Gasteiger partial charge in [0.1, 0.15) is 27.7 Å². The molecule has 5 rings (SSSR count). The molecule has 0 bridgehead atoms. The highest BCUT2D eigenvalue weighted by atomic mass is 32.1. The molecular formula is C34H30N4O3S. The monoisotopic (exact) mass is 574 g/mol. The van der Waals surface area contributed by atoms with Crippen molar-refractivity contribution in [3.8, 4) is 34.5 Å². The standard InChI is InChI=1S/C34H30N4O3S/c1-22-11-15-26(16-12-22)38-32(40)29(42-33(38)28(20-35)31(39)34(2,3)4)19-24-21-37(25-9-7-6-8-10-25)36-30(24)23-13-17-27(41-5)18-14-23/h6-19,21H,1-5H3/b29-19-,33-28+. The van der Waals surface area contributed by atoms with Gasteiger partial charge in [0.2, 0.25) is 0 Å². The van der Waals surface area contributed by atoms with E-state index in [1.807, 2.05) is 92.0 Å². The molecule has 0 saturated carbocycles. The molecule has 3 aromatic carbocycles. The minimum Gasteiger partial charge on any atom is -0.497 e. The zero-order valence-electron chi connectivity index (χ0n) is 24.1. The zero-order valence-corrected chi connectivity index (χ0v) is 24.9. The van der Waals surface area contributed by atoms with E-state index in [9.17, 15) is 14.9 Å². The predicted molar refractivity (Wildman–Crippen MR) is 167 cm³/mol. The molecule has 0 saturated heterocycles. The van der Waals surface area contributed by atoms with Crippen molar-refractivity contribution in [3.05, 3.63) is 116 Å². The smallest absolute Gasteiger partial charge is 0.273 e. The van der Waals surface area contributed by atoms with Crippen LogP contribution >= 0.6 is 11.3 Å². The van der Waals surface area contributed by atoms with E-state index in [1.165, 1.54) is 4.57 Å². The lowest BCUT2D eigenvalue weighted by Crippen LogP contribution is -2.33. The number of aromatic nitrogens is 3. The highest BCUT2D eigenvalue weighted by Crippen LogP contribution is 2.26. The minimum atomic E-state index is -0.800. The van der Waals surface area contributed by atoms with Crippen LogP contribution in [0.5, 0.6) is 5.75 Å². The van der Waals surface area contributed by atoms with Crippen LogP contribution in [0.4, 0.5) is 0 Å². The van der Waals surface area contributed by atoms with Crippen LogP contribution in [0.3, 0.4) is 0 Å². The number of methoxy groups -OCH3 is 1. The van der Waals surface area contributed by atoms with Crippen LogP contribution in [-0.4, -0.2) is 27.2 Å². The topological polar surface area (TPSA) is 89.9 Å². The minimum absolute atomic E-state index is 0.0415. The van der Waals surface area contributed by atoms with Crippen LogP contribution in [0.2, 0.25) is 0 Å². The van der Waals surface area contributed by atoms with Crippen molar-refractivity contribution < 1.29 is 9.53 Å². The third-order valence-corrected chi connectivity index (χ3v) is 7.86. The number of nitrogens with zero attached hydrogens (tertiary/aromatic N) is 4. The van der Waals surface area contributed by atoms with E-state index < -0.39 is 5.41 Å². The van der Waals surface area contributed by atoms with Gasteiger partial charge in [0.25, 0.3) is 5.56 Å². The lowest BCUT2D eigenvalue weighted by atomic mass is 9.87. The first-order valence-electron chi connectivity index (χ1n) is 13.4. The predicted octanol–water partition coefficient (Wildman–Crippen LogP) is 5.19. The first kappa shape index (κ1) is 28.5. The van der Waals surface area contributed by atoms with E-state index in [0.717, 1.165) is 33.9 Å². The van der Waals surface area contributed by atoms with Gasteiger partial charge in [-0.05, 0) is 61.5 Å². The summed E-state index contributed by atoms with van der Waals surface area (Å²) in [4.78, 5) is 27.4. The molecule has 2 heterocycles. The summed E-state index contributed by atoms with van der Waals surface area (Å²) in [6.07, 6.45) is 3.66. The number of hydrogen-bond acceptors (Lipinski definition) is 6. The molecule has 0 atom stereocenters. The van der Waals surface area contributed by atoms with Gasteiger partial charge in [0.05, 0.1) is 23.0 Å². The second kappa shape index (κ2) is 11.5. The average Bonchev–Trinajstić information content (AvgIpc) is 3.55. The molecule has 42 heavy (non-hydrogen) atoms. The Morgan fingerprint density at radius 1 is 0.976 bits per heavy atom. The summed E-state index contributed by atoms with van der Waals surface area (Å²) >= 11 is 1.13. The summed E-state index contributed by atoms with van der Waals surface area (Å²) in [7, 11) is 1.61. The number of nitriles is 1. The van der Waals surface area contributed by atoms with Crippen molar-refractivity contribution in [1.29, 1.82) is 5.26 Å². The van der Waals surface area contributed by atoms with Gasteiger partial charge in [-0.15, -0.1) is 11.3 Å². The van der Waals surface area contributed by atoms with E-state index in [2.05, 4.69) is 6.07 Å². The number of Topliss-reactive ketones (excluding diaryl/α,β-unsaturated/α-hetero) is 1. The molecule has 0 amide bonds. The molecule has 0 spiro atoms. The molecular weight excluding hydrogens is 544 g/mol. The SMILES string of the molecule is COc1ccc(-c2nn(-c3ccccc3)cc2/C=c2\s/c(=C(\C#N)C(=O)C(C)(C)C)n(-c3ccc(C)cc3)c2=O)cc1. The molecule has 0 fully saturated rings. The molecule has 0 aliphatic carbocycles. The van der Waals surface area contributed by atoms with Gasteiger partial charge in [-0.2, -0.15) is 10.4 Å². The molecule has 0 unspecified atom stereocenters. The first-order valence-corrected chi connectivity index (χ1v) is 14.2. The Hall–Kier alpha value is -5.00. The van der Waals surface area contributed by atoms with Crippen molar-refractivity contribution in [2.45, 2.75) is 27.7 Å². The van der Waals surface area contributed by atoms with E-state index in [4.69, 9.17) is 9.84 Å². The fourth-order valence-corrected chi connectivity index (χ4v) is 5.56. The Balaban J connectivity index is 1.82. The number of benzene rings is 3. The van der Waals surface area contributed by atoms with Crippen molar-refractivity contribution in [2.75, 3.05) is 7.11 Å². The van der Waals surface area contributed by atoms with Gasteiger partial charge in [0, 0.05) is 22.7 Å². The fraction of sp³-hybridized carbons (Fsp3) is 0.176.